The van der Waals surface area contributed by atoms with Gasteiger partial charge in [-0.2, -0.15) is 0 Å². The van der Waals surface area contributed by atoms with Crippen molar-refractivity contribution < 1.29 is 9.53 Å². The number of imidazole rings is 1. The summed E-state index contributed by atoms with van der Waals surface area (Å²) < 4.78 is 7.52. The lowest BCUT2D eigenvalue weighted by Crippen LogP contribution is -2.37. The summed E-state index contributed by atoms with van der Waals surface area (Å²) in [5.74, 6) is 1.47. The average molecular weight is 265 g/mol. The van der Waals surface area contributed by atoms with Gasteiger partial charge in [-0.05, 0) is 25.7 Å². The molecule has 1 aliphatic heterocycles. The maximum absolute atomic E-state index is 11.8. The number of hydrogen-bond acceptors (Lipinski definition) is 3. The molecule has 5 nitrogen and oxygen atoms in total. The highest BCUT2D eigenvalue weighted by Crippen LogP contribution is 2.29. The zero-order valence-corrected chi connectivity index (χ0v) is 11.8. The van der Waals surface area contributed by atoms with E-state index in [-0.39, 0.29) is 11.9 Å². The molecule has 106 valence electrons. The fourth-order valence-corrected chi connectivity index (χ4v) is 2.58. The number of carbonyl (C=O) groups is 1. The minimum atomic E-state index is 0.00583. The number of amides is 1. The molecule has 1 atom stereocenters. The Balaban J connectivity index is 2.19. The first-order chi connectivity index (χ1) is 9.26. The summed E-state index contributed by atoms with van der Waals surface area (Å²) in [4.78, 5) is 16.2. The van der Waals surface area contributed by atoms with Gasteiger partial charge in [0.2, 0.25) is 5.91 Å². The molecule has 0 radical (unpaired) electrons. The number of carbonyl (C=O) groups excluding carboxylic acids is 1. The van der Waals surface area contributed by atoms with Gasteiger partial charge >= 0.3 is 0 Å². The molecule has 1 aromatic heterocycles. The van der Waals surface area contributed by atoms with Crippen LogP contribution in [0.1, 0.15) is 45.0 Å². The van der Waals surface area contributed by atoms with Crippen molar-refractivity contribution >= 4 is 5.91 Å². The van der Waals surface area contributed by atoms with Gasteiger partial charge in [-0.1, -0.05) is 6.92 Å². The van der Waals surface area contributed by atoms with Crippen molar-refractivity contribution in [1.82, 2.24) is 14.9 Å². The summed E-state index contributed by atoms with van der Waals surface area (Å²) in [7, 11) is 0. The van der Waals surface area contributed by atoms with Crippen molar-refractivity contribution in [3.05, 3.63) is 18.2 Å². The highest BCUT2D eigenvalue weighted by Gasteiger charge is 2.29. The molecule has 1 N–H and O–H groups in total. The Morgan fingerprint density at radius 1 is 1.53 bits per heavy atom. The molecular weight excluding hydrogens is 242 g/mol. The monoisotopic (exact) mass is 265 g/mol. The quantitative estimate of drug-likeness (QED) is 0.884. The van der Waals surface area contributed by atoms with Crippen molar-refractivity contribution in [1.29, 1.82) is 0 Å². The lowest BCUT2D eigenvalue weighted by molar-refractivity contribution is -0.122. The van der Waals surface area contributed by atoms with Crippen LogP contribution in [-0.2, 0) is 16.1 Å². The van der Waals surface area contributed by atoms with Gasteiger partial charge in [0.05, 0.1) is 6.04 Å². The average Bonchev–Trinajstić information content (AvgIpc) is 2.93. The molecule has 2 rings (SSSR count). The van der Waals surface area contributed by atoms with E-state index in [0.717, 1.165) is 38.4 Å². The summed E-state index contributed by atoms with van der Waals surface area (Å²) in [5, 5.41) is 3.14. The van der Waals surface area contributed by atoms with Crippen LogP contribution in [0.5, 0.6) is 0 Å². The van der Waals surface area contributed by atoms with E-state index < -0.39 is 0 Å². The minimum Gasteiger partial charge on any atom is -0.381 e. The molecule has 1 aromatic rings. The van der Waals surface area contributed by atoms with Crippen LogP contribution in [0, 0.1) is 5.92 Å². The third-order valence-electron chi connectivity index (χ3n) is 3.74. The van der Waals surface area contributed by atoms with Gasteiger partial charge in [0, 0.05) is 38.6 Å². The van der Waals surface area contributed by atoms with Gasteiger partial charge in [-0.15, -0.1) is 0 Å². The zero-order chi connectivity index (χ0) is 13.7. The second-order valence-corrected chi connectivity index (χ2v) is 4.92. The Morgan fingerprint density at radius 2 is 2.26 bits per heavy atom. The second kappa shape index (κ2) is 6.70. The largest absolute Gasteiger partial charge is 0.381 e. The van der Waals surface area contributed by atoms with E-state index in [1.54, 1.807) is 0 Å². The predicted molar refractivity (Wildman–Crippen MR) is 72.6 cm³/mol. The molecule has 19 heavy (non-hydrogen) atoms. The molecule has 1 aliphatic rings. The summed E-state index contributed by atoms with van der Waals surface area (Å²) in [6.07, 6.45) is 6.24. The highest BCUT2D eigenvalue weighted by molar-refractivity contribution is 5.75. The first-order valence-electron chi connectivity index (χ1n) is 7.14. The summed E-state index contributed by atoms with van der Waals surface area (Å²) in [6, 6.07) is 0.00583. The normalized spacial score (nSPS) is 18.2. The fraction of sp³-hybridized carbons (Fsp3) is 0.714. The molecule has 2 heterocycles. The van der Waals surface area contributed by atoms with Crippen LogP contribution in [0.4, 0.5) is 0 Å². The number of aryl methyl sites for hydroxylation is 1. The first-order valence-corrected chi connectivity index (χ1v) is 7.14. The van der Waals surface area contributed by atoms with Crippen molar-refractivity contribution in [2.24, 2.45) is 5.92 Å². The maximum Gasteiger partial charge on any atom is 0.220 e. The predicted octanol–water partition coefficient (Wildman–Crippen LogP) is 1.90. The van der Waals surface area contributed by atoms with Crippen molar-refractivity contribution in [2.75, 3.05) is 13.2 Å². The van der Waals surface area contributed by atoms with Crippen LogP contribution in [0.15, 0.2) is 12.4 Å². The zero-order valence-electron chi connectivity index (χ0n) is 11.8. The fourth-order valence-electron chi connectivity index (χ4n) is 2.58. The van der Waals surface area contributed by atoms with E-state index in [1.807, 2.05) is 19.3 Å². The Labute approximate surface area is 114 Å². The smallest absolute Gasteiger partial charge is 0.220 e. The number of nitrogens with zero attached hydrogens (tertiary/aromatic N) is 2. The number of rotatable bonds is 5. The number of nitrogens with one attached hydrogen (secondary N) is 1. The Morgan fingerprint density at radius 3 is 2.89 bits per heavy atom. The van der Waals surface area contributed by atoms with Crippen LogP contribution in [0.3, 0.4) is 0 Å². The van der Waals surface area contributed by atoms with Crippen LogP contribution in [0.2, 0.25) is 0 Å². The van der Waals surface area contributed by atoms with Crippen LogP contribution < -0.4 is 5.32 Å². The molecule has 1 unspecified atom stereocenters. The van der Waals surface area contributed by atoms with Gasteiger partial charge in [-0.25, -0.2) is 4.98 Å². The second-order valence-electron chi connectivity index (χ2n) is 4.92. The van der Waals surface area contributed by atoms with Crippen LogP contribution in [0.25, 0.3) is 0 Å². The van der Waals surface area contributed by atoms with Gasteiger partial charge in [0.25, 0.3) is 0 Å². The lowest BCUT2D eigenvalue weighted by atomic mass is 9.91. The highest BCUT2D eigenvalue weighted by atomic mass is 16.5. The molecule has 1 fully saturated rings. The summed E-state index contributed by atoms with van der Waals surface area (Å²) in [5.41, 5.74) is 0. The first kappa shape index (κ1) is 14.1. The van der Waals surface area contributed by atoms with Crippen molar-refractivity contribution in [3.8, 4) is 0 Å². The number of hydrogen-bond donors (Lipinski definition) is 1. The van der Waals surface area contributed by atoms with Crippen molar-refractivity contribution in [2.45, 2.75) is 45.7 Å². The van der Waals surface area contributed by atoms with Gasteiger partial charge in [0.15, 0.2) is 0 Å². The van der Waals surface area contributed by atoms with E-state index in [0.29, 0.717) is 12.3 Å². The van der Waals surface area contributed by atoms with Crippen LogP contribution in [-0.4, -0.2) is 28.7 Å². The van der Waals surface area contributed by atoms with E-state index >= 15 is 0 Å². The minimum absolute atomic E-state index is 0.00583. The van der Waals surface area contributed by atoms with E-state index in [1.165, 1.54) is 0 Å². The molecule has 0 aliphatic carbocycles. The Hall–Kier alpha value is -1.36. The Bertz CT molecular complexity index is 411. The molecule has 5 heteroatoms. The third kappa shape index (κ3) is 3.35. The molecule has 0 aromatic carbocycles. The molecule has 1 amide bonds. The standard InChI is InChI=1S/C14H23N3O2/c1-3-12(18)16-13(11-5-9-19-10-6-11)14-15-7-8-17(14)4-2/h7-8,11,13H,3-6,9-10H2,1-2H3,(H,16,18). The van der Waals surface area contributed by atoms with Crippen molar-refractivity contribution in [3.63, 3.8) is 0 Å². The van der Waals surface area contributed by atoms with Gasteiger partial charge < -0.3 is 14.6 Å². The SMILES string of the molecule is CCC(=O)NC(c1nccn1CC)C1CCOCC1. The van der Waals surface area contributed by atoms with E-state index in [2.05, 4.69) is 21.8 Å². The third-order valence-corrected chi connectivity index (χ3v) is 3.74. The van der Waals surface area contributed by atoms with Gasteiger partial charge in [0.1, 0.15) is 5.82 Å². The van der Waals surface area contributed by atoms with E-state index in [4.69, 9.17) is 4.74 Å². The van der Waals surface area contributed by atoms with Crippen LogP contribution >= 0.6 is 0 Å². The molecule has 0 bridgehead atoms. The maximum atomic E-state index is 11.8. The summed E-state index contributed by atoms with van der Waals surface area (Å²) >= 11 is 0. The van der Waals surface area contributed by atoms with E-state index in [9.17, 15) is 4.79 Å². The number of aromatic nitrogens is 2. The number of ether oxygens (including phenoxy) is 1. The molecule has 1 saturated heterocycles. The molecule has 0 saturated carbocycles. The Kier molecular flexibility index (Phi) is 4.96. The topological polar surface area (TPSA) is 56.2 Å². The summed E-state index contributed by atoms with van der Waals surface area (Å²) in [6.45, 7) is 6.39. The van der Waals surface area contributed by atoms with Gasteiger partial charge in [-0.3, -0.25) is 4.79 Å². The lowest BCUT2D eigenvalue weighted by Gasteiger charge is -2.30. The molecular formula is C14H23N3O2. The molecule has 0 spiro atoms.